The van der Waals surface area contributed by atoms with Gasteiger partial charge in [0.25, 0.3) is 0 Å². The van der Waals surface area contributed by atoms with Gasteiger partial charge in [0.2, 0.25) is 11.6 Å². The van der Waals surface area contributed by atoms with Gasteiger partial charge in [0.15, 0.2) is 22.9 Å². The van der Waals surface area contributed by atoms with Crippen LogP contribution in [0.15, 0.2) is 57.4 Å². The summed E-state index contributed by atoms with van der Waals surface area (Å²) in [7, 11) is 0. The van der Waals surface area contributed by atoms with Gasteiger partial charge in [0.1, 0.15) is 11.5 Å². The van der Waals surface area contributed by atoms with Crippen LogP contribution in [0.2, 0.25) is 0 Å². The van der Waals surface area contributed by atoms with Gasteiger partial charge >= 0.3 is 0 Å². The number of aromatic hydroxyl groups is 1. The van der Waals surface area contributed by atoms with Crippen molar-refractivity contribution in [1.82, 2.24) is 0 Å². The molecule has 0 unspecified atom stereocenters. The number of furan rings is 1. The summed E-state index contributed by atoms with van der Waals surface area (Å²) in [5.41, 5.74) is -3.51. The van der Waals surface area contributed by atoms with Crippen molar-refractivity contribution in [3.63, 3.8) is 0 Å². The molecule has 0 amide bonds. The number of allylic oxidation sites excluding steroid dienone is 2. The Labute approximate surface area is 213 Å². The molecule has 0 fully saturated rings. The first-order chi connectivity index (χ1) is 17.2. The maximum Gasteiger partial charge on any atom is 0.206 e. The molecule has 8 nitrogen and oxygen atoms in total. The summed E-state index contributed by atoms with van der Waals surface area (Å²) in [6.07, 6.45) is 1.84. The number of fused-ring (bicyclic) bond motifs is 3. The highest BCUT2D eigenvalue weighted by Crippen LogP contribution is 2.62. The van der Waals surface area contributed by atoms with Crippen molar-refractivity contribution in [3.05, 3.63) is 75.5 Å². The zero-order valence-corrected chi connectivity index (χ0v) is 21.1. The lowest BCUT2D eigenvalue weighted by Gasteiger charge is -2.56. The number of aliphatic hydroxyl groups is 2. The van der Waals surface area contributed by atoms with Crippen molar-refractivity contribution in [2.45, 2.75) is 59.0 Å². The molecular weight excluding hydrogens is 476 g/mol. The van der Waals surface area contributed by atoms with Crippen molar-refractivity contribution in [1.29, 1.82) is 0 Å². The second-order valence-electron chi connectivity index (χ2n) is 11.1. The molecule has 0 spiro atoms. The average Bonchev–Trinajstić information content (AvgIpc) is 3.33. The normalized spacial score (nSPS) is 29.1. The largest absolute Gasteiger partial charge is 0.508 e. The van der Waals surface area contributed by atoms with Crippen molar-refractivity contribution < 1.29 is 38.9 Å². The van der Waals surface area contributed by atoms with E-state index in [0.717, 1.165) is 0 Å². The number of rotatable bonds is 4. The number of hydrogen-bond acceptors (Lipinski definition) is 8. The van der Waals surface area contributed by atoms with Crippen LogP contribution in [-0.4, -0.2) is 44.1 Å². The van der Waals surface area contributed by atoms with Crippen molar-refractivity contribution in [2.75, 3.05) is 0 Å². The highest BCUT2D eigenvalue weighted by atomic mass is 16.3. The molecule has 0 saturated carbocycles. The van der Waals surface area contributed by atoms with E-state index in [1.54, 1.807) is 39.0 Å². The highest BCUT2D eigenvalue weighted by molar-refractivity contribution is 6.25. The number of carbonyl (C=O) groups is 4. The summed E-state index contributed by atoms with van der Waals surface area (Å²) < 4.78 is 5.21. The van der Waals surface area contributed by atoms with Crippen molar-refractivity contribution >= 4 is 23.1 Å². The van der Waals surface area contributed by atoms with Crippen molar-refractivity contribution in [2.24, 2.45) is 10.8 Å². The van der Waals surface area contributed by atoms with E-state index < -0.39 is 39.5 Å². The minimum Gasteiger partial charge on any atom is -0.508 e. The van der Waals surface area contributed by atoms with Crippen LogP contribution in [0.4, 0.5) is 0 Å². The maximum atomic E-state index is 13.9. The molecular formula is C29H28O8. The van der Waals surface area contributed by atoms with Crippen LogP contribution >= 0.6 is 0 Å². The minimum atomic E-state index is -2.46. The first-order valence-electron chi connectivity index (χ1n) is 12.1. The molecule has 3 atom stereocenters. The standard InChI is InChI=1S/C29H28O8/c1-14-11-28(4)13-27(3)12-17-16(10-19(32)20-6-5-9-37-20)7-8-18(31)22(17)24(33)23(27)26(35)29(28,36)25(34)21(14)15(2)30/h5-9,31,35-36H,10-13H2,1-4H3/t27-,28+,29+/m1/s1. The smallest absolute Gasteiger partial charge is 0.206 e. The summed E-state index contributed by atoms with van der Waals surface area (Å²) in [4.78, 5) is 52.4. The van der Waals surface area contributed by atoms with Crippen molar-refractivity contribution in [3.8, 4) is 5.75 Å². The van der Waals surface area contributed by atoms with E-state index in [9.17, 15) is 34.5 Å². The van der Waals surface area contributed by atoms with E-state index in [1.165, 1.54) is 19.3 Å². The van der Waals surface area contributed by atoms with E-state index >= 15 is 0 Å². The van der Waals surface area contributed by atoms with Crippen LogP contribution in [0.25, 0.3) is 0 Å². The van der Waals surface area contributed by atoms with Crippen LogP contribution < -0.4 is 0 Å². The SMILES string of the molecule is CC(=O)C1=C(C)C[C@@]2(C)C[C@@]3(C)Cc4c(CC(=O)c5ccco5)ccc(O)c4C(=O)C3=C(O)[C@@]2(O)C1=O. The summed E-state index contributed by atoms with van der Waals surface area (Å²) >= 11 is 0. The van der Waals surface area contributed by atoms with E-state index in [1.807, 2.05) is 0 Å². The van der Waals surface area contributed by atoms with E-state index in [2.05, 4.69) is 0 Å². The first-order valence-corrected chi connectivity index (χ1v) is 12.1. The molecule has 0 saturated heterocycles. The molecule has 37 heavy (non-hydrogen) atoms. The van der Waals surface area contributed by atoms with E-state index in [4.69, 9.17) is 4.42 Å². The van der Waals surface area contributed by atoms with Crippen LogP contribution in [0.1, 0.15) is 72.6 Å². The topological polar surface area (TPSA) is 142 Å². The van der Waals surface area contributed by atoms with Gasteiger partial charge in [-0.1, -0.05) is 25.5 Å². The number of ketones is 4. The fourth-order valence-electron chi connectivity index (χ4n) is 6.96. The highest BCUT2D eigenvalue weighted by Gasteiger charge is 2.67. The summed E-state index contributed by atoms with van der Waals surface area (Å²) in [5.74, 6) is -3.37. The molecule has 8 heteroatoms. The Bertz CT molecular complexity index is 1470. The van der Waals surface area contributed by atoms with E-state index in [-0.39, 0.29) is 59.7 Å². The third-order valence-electron chi connectivity index (χ3n) is 8.38. The molecule has 1 heterocycles. The molecule has 3 aliphatic rings. The Kier molecular flexibility index (Phi) is 5.29. The lowest BCUT2D eigenvalue weighted by atomic mass is 9.48. The first kappa shape index (κ1) is 24.9. The molecule has 0 radical (unpaired) electrons. The number of phenols is 1. The fourth-order valence-corrected chi connectivity index (χ4v) is 6.96. The monoisotopic (exact) mass is 504 g/mol. The molecule has 0 bridgehead atoms. The summed E-state index contributed by atoms with van der Waals surface area (Å²) in [6, 6.07) is 6.06. The second kappa shape index (κ2) is 7.86. The number of carbonyl (C=O) groups excluding carboxylic acids is 4. The van der Waals surface area contributed by atoms with Crippen LogP contribution in [0, 0.1) is 10.8 Å². The number of hydrogen-bond donors (Lipinski definition) is 3. The molecule has 0 aliphatic heterocycles. The third kappa shape index (κ3) is 3.25. The fraction of sp³-hybridized carbons (Fsp3) is 0.379. The third-order valence-corrected chi connectivity index (χ3v) is 8.38. The Balaban J connectivity index is 1.69. The average molecular weight is 505 g/mol. The van der Waals surface area contributed by atoms with E-state index in [0.29, 0.717) is 16.7 Å². The number of phenolic OH excluding ortho intramolecular Hbond substituents is 1. The van der Waals surface area contributed by atoms with Gasteiger partial charge in [-0.25, -0.2) is 0 Å². The van der Waals surface area contributed by atoms with Gasteiger partial charge in [-0.15, -0.1) is 0 Å². The maximum absolute atomic E-state index is 13.9. The number of aliphatic hydroxyl groups excluding tert-OH is 1. The van der Waals surface area contributed by atoms with Gasteiger partial charge in [-0.3, -0.25) is 19.2 Å². The molecule has 3 aliphatic carbocycles. The number of benzene rings is 1. The Hall–Kier alpha value is -3.78. The Morgan fingerprint density at radius 3 is 2.41 bits per heavy atom. The Morgan fingerprint density at radius 1 is 1.08 bits per heavy atom. The van der Waals surface area contributed by atoms with Gasteiger partial charge in [0, 0.05) is 22.8 Å². The van der Waals surface area contributed by atoms with Gasteiger partial charge in [-0.05, 0) is 62.4 Å². The van der Waals surface area contributed by atoms with Gasteiger partial charge < -0.3 is 19.7 Å². The lowest BCUT2D eigenvalue weighted by molar-refractivity contribution is -0.157. The number of Topliss-reactive ketones (excluding diaryl/α,β-unsaturated/α-hetero) is 4. The summed E-state index contributed by atoms with van der Waals surface area (Å²) in [6.45, 7) is 6.34. The van der Waals surface area contributed by atoms with Gasteiger partial charge in [0.05, 0.1) is 17.4 Å². The molecule has 5 rings (SSSR count). The lowest BCUT2D eigenvalue weighted by Crippen LogP contribution is -2.63. The quantitative estimate of drug-likeness (QED) is 0.419. The molecule has 1 aromatic heterocycles. The molecule has 2 aromatic rings. The van der Waals surface area contributed by atoms with Gasteiger partial charge in [-0.2, -0.15) is 0 Å². The Morgan fingerprint density at radius 2 is 1.78 bits per heavy atom. The van der Waals surface area contributed by atoms with Crippen LogP contribution in [-0.2, 0) is 22.4 Å². The van der Waals surface area contributed by atoms with Crippen LogP contribution in [0.3, 0.4) is 0 Å². The molecule has 192 valence electrons. The molecule has 3 N–H and O–H groups in total. The second-order valence-corrected chi connectivity index (χ2v) is 11.1. The predicted octanol–water partition coefficient (Wildman–Crippen LogP) is 3.99. The zero-order chi connectivity index (χ0) is 27.1. The summed E-state index contributed by atoms with van der Waals surface area (Å²) in [5, 5.41) is 33.9. The predicted molar refractivity (Wildman–Crippen MR) is 131 cm³/mol. The molecule has 1 aromatic carbocycles. The zero-order valence-electron chi connectivity index (χ0n) is 21.1. The minimum absolute atomic E-state index is 0.0615. The van der Waals surface area contributed by atoms with Crippen LogP contribution in [0.5, 0.6) is 5.75 Å².